The van der Waals surface area contributed by atoms with E-state index in [0.29, 0.717) is 6.61 Å². The summed E-state index contributed by atoms with van der Waals surface area (Å²) in [4.78, 5) is 2.96. The highest BCUT2D eigenvalue weighted by Gasteiger charge is 2.37. The molecule has 1 aromatic carbocycles. The minimum Gasteiger partial charge on any atom is -0.416 e. The van der Waals surface area contributed by atoms with Gasteiger partial charge in [0.15, 0.2) is 8.32 Å². The van der Waals surface area contributed by atoms with Crippen LogP contribution in [0, 0.1) is 0 Å². The number of hydrogen-bond donors (Lipinski definition) is 0. The van der Waals surface area contributed by atoms with Crippen molar-refractivity contribution in [1.29, 1.82) is 0 Å². The van der Waals surface area contributed by atoms with Gasteiger partial charge < -0.3 is 4.43 Å². The summed E-state index contributed by atoms with van der Waals surface area (Å²) in [5.74, 6) is 0. The molecule has 0 aliphatic carbocycles. The molecule has 0 bridgehead atoms. The fraction of sp³-hybridized carbons (Fsp3) is 0.600. The first-order valence-corrected chi connectivity index (χ1v) is 9.89. The van der Waals surface area contributed by atoms with Gasteiger partial charge in [0.2, 0.25) is 0 Å². The molecule has 4 nitrogen and oxygen atoms in total. The molecule has 1 aromatic rings. The Morgan fingerprint density at radius 3 is 2.35 bits per heavy atom. The number of rotatable bonds is 6. The van der Waals surface area contributed by atoms with Gasteiger partial charge in [0.25, 0.3) is 0 Å². The molecule has 0 aliphatic rings. The van der Waals surface area contributed by atoms with Gasteiger partial charge in [-0.2, -0.15) is 0 Å². The standard InChI is InChI=1S/C15H25N3OSi/c1-15(2,3)20(4,5)19-12-14(17-18-16)11-13-9-7-6-8-10-13/h6-10,14H,11-12H2,1-5H3/t14-/m0/s1. The fourth-order valence-electron chi connectivity index (χ4n) is 1.61. The van der Waals surface area contributed by atoms with E-state index in [9.17, 15) is 0 Å². The molecule has 20 heavy (non-hydrogen) atoms. The molecule has 0 N–H and O–H groups in total. The van der Waals surface area contributed by atoms with Crippen molar-refractivity contribution in [2.24, 2.45) is 5.11 Å². The molecule has 0 unspecified atom stereocenters. The molecule has 0 aromatic heterocycles. The zero-order chi connectivity index (χ0) is 15.2. The first-order chi connectivity index (χ1) is 9.26. The van der Waals surface area contributed by atoms with Gasteiger partial charge in [0.05, 0.1) is 6.04 Å². The molecule has 0 radical (unpaired) electrons. The predicted octanol–water partition coefficient (Wildman–Crippen LogP) is 4.93. The summed E-state index contributed by atoms with van der Waals surface area (Å²) in [6.07, 6.45) is 0.722. The molecule has 0 heterocycles. The minimum absolute atomic E-state index is 0.142. The number of nitrogens with zero attached hydrogens (tertiary/aromatic N) is 3. The second-order valence-electron chi connectivity index (χ2n) is 6.62. The topological polar surface area (TPSA) is 58.0 Å². The van der Waals surface area contributed by atoms with Gasteiger partial charge in [-0.05, 0) is 35.6 Å². The van der Waals surface area contributed by atoms with E-state index in [-0.39, 0.29) is 11.1 Å². The molecule has 1 atom stereocenters. The Hall–Kier alpha value is -1.29. The quantitative estimate of drug-likeness (QED) is 0.317. The smallest absolute Gasteiger partial charge is 0.191 e. The number of hydrogen-bond acceptors (Lipinski definition) is 2. The maximum absolute atomic E-state index is 8.72. The van der Waals surface area contributed by atoms with Crippen LogP contribution in [0.15, 0.2) is 35.4 Å². The second-order valence-corrected chi connectivity index (χ2v) is 11.4. The maximum Gasteiger partial charge on any atom is 0.191 e. The highest BCUT2D eigenvalue weighted by molar-refractivity contribution is 6.74. The molecular formula is C15H25N3OSi. The normalized spacial score (nSPS) is 13.7. The lowest BCUT2D eigenvalue weighted by atomic mass is 10.1. The highest BCUT2D eigenvalue weighted by Crippen LogP contribution is 2.36. The van der Waals surface area contributed by atoms with Gasteiger partial charge in [-0.3, -0.25) is 0 Å². The van der Waals surface area contributed by atoms with Gasteiger partial charge in [0.1, 0.15) is 0 Å². The maximum atomic E-state index is 8.72. The summed E-state index contributed by atoms with van der Waals surface area (Å²) in [6, 6.07) is 9.93. The van der Waals surface area contributed by atoms with Crippen LogP contribution in [0.3, 0.4) is 0 Å². The third-order valence-electron chi connectivity index (χ3n) is 3.97. The fourth-order valence-corrected chi connectivity index (χ4v) is 2.66. The van der Waals surface area contributed by atoms with Gasteiger partial charge in [-0.25, -0.2) is 0 Å². The number of azide groups is 1. The van der Waals surface area contributed by atoms with E-state index in [1.54, 1.807) is 0 Å². The van der Waals surface area contributed by atoms with Crippen LogP contribution in [-0.4, -0.2) is 21.0 Å². The predicted molar refractivity (Wildman–Crippen MR) is 86.2 cm³/mol. The summed E-state index contributed by atoms with van der Waals surface area (Å²) in [5.41, 5.74) is 9.89. The van der Waals surface area contributed by atoms with E-state index in [1.807, 2.05) is 30.3 Å². The van der Waals surface area contributed by atoms with Crippen molar-refractivity contribution in [3.63, 3.8) is 0 Å². The van der Waals surface area contributed by atoms with E-state index in [1.165, 1.54) is 5.56 Å². The van der Waals surface area contributed by atoms with Crippen LogP contribution < -0.4 is 0 Å². The summed E-state index contributed by atoms with van der Waals surface area (Å²) in [7, 11) is -1.80. The molecule has 5 heteroatoms. The van der Waals surface area contributed by atoms with Crippen LogP contribution in [0.25, 0.3) is 10.4 Å². The Morgan fingerprint density at radius 1 is 1.25 bits per heavy atom. The lowest BCUT2D eigenvalue weighted by molar-refractivity contribution is 0.262. The molecule has 110 valence electrons. The second kappa shape index (κ2) is 6.93. The Labute approximate surface area is 122 Å². The van der Waals surface area contributed by atoms with Crippen LogP contribution in [0.5, 0.6) is 0 Å². The largest absolute Gasteiger partial charge is 0.416 e. The zero-order valence-corrected chi connectivity index (χ0v) is 14.1. The monoisotopic (exact) mass is 291 g/mol. The van der Waals surface area contributed by atoms with Gasteiger partial charge in [0, 0.05) is 11.5 Å². The minimum atomic E-state index is -1.80. The van der Waals surface area contributed by atoms with Crippen molar-refractivity contribution < 1.29 is 4.43 Å². The molecule has 0 spiro atoms. The van der Waals surface area contributed by atoms with E-state index >= 15 is 0 Å². The number of benzene rings is 1. The average Bonchev–Trinajstić information content (AvgIpc) is 2.36. The van der Waals surface area contributed by atoms with Crippen LogP contribution in [-0.2, 0) is 10.8 Å². The van der Waals surface area contributed by atoms with E-state index in [4.69, 9.17) is 9.96 Å². The lowest BCUT2D eigenvalue weighted by Gasteiger charge is -2.36. The van der Waals surface area contributed by atoms with Crippen molar-refractivity contribution in [2.75, 3.05) is 6.61 Å². The van der Waals surface area contributed by atoms with Crippen LogP contribution in [0.2, 0.25) is 18.1 Å². The molecule has 1 rings (SSSR count). The zero-order valence-electron chi connectivity index (χ0n) is 13.1. The molecule has 0 aliphatic heterocycles. The van der Waals surface area contributed by atoms with Crippen molar-refractivity contribution >= 4 is 8.32 Å². The van der Waals surface area contributed by atoms with E-state index in [0.717, 1.165) is 6.42 Å². The first-order valence-electron chi connectivity index (χ1n) is 6.98. The molecule has 0 saturated carbocycles. The Balaban J connectivity index is 2.67. The molecular weight excluding hydrogens is 266 g/mol. The summed E-state index contributed by atoms with van der Waals surface area (Å²) < 4.78 is 6.15. The first kappa shape index (κ1) is 16.8. The van der Waals surface area contributed by atoms with E-state index in [2.05, 4.69) is 43.9 Å². The van der Waals surface area contributed by atoms with Gasteiger partial charge >= 0.3 is 0 Å². The SMILES string of the molecule is CC(C)(C)[Si](C)(C)OC[C@H](Cc1ccccc1)N=[N+]=[N-]. The average molecular weight is 291 g/mol. The summed E-state index contributed by atoms with van der Waals surface area (Å²) in [5, 5.41) is 4.05. The summed E-state index contributed by atoms with van der Waals surface area (Å²) >= 11 is 0. The van der Waals surface area contributed by atoms with Crippen LogP contribution in [0.4, 0.5) is 0 Å². The van der Waals surface area contributed by atoms with Crippen LogP contribution >= 0.6 is 0 Å². The Bertz CT molecular complexity index is 462. The highest BCUT2D eigenvalue weighted by atomic mass is 28.4. The van der Waals surface area contributed by atoms with Gasteiger partial charge in [-0.15, -0.1) is 0 Å². The molecule has 0 amide bonds. The summed E-state index contributed by atoms with van der Waals surface area (Å²) in [6.45, 7) is 11.5. The van der Waals surface area contributed by atoms with Crippen molar-refractivity contribution in [1.82, 2.24) is 0 Å². The molecule has 0 saturated heterocycles. The lowest BCUT2D eigenvalue weighted by Crippen LogP contribution is -2.42. The van der Waals surface area contributed by atoms with Crippen molar-refractivity contribution in [3.05, 3.63) is 46.3 Å². The Morgan fingerprint density at radius 2 is 1.85 bits per heavy atom. The Kier molecular flexibility index (Phi) is 5.81. The van der Waals surface area contributed by atoms with Gasteiger partial charge in [-0.1, -0.05) is 56.2 Å². The third-order valence-corrected chi connectivity index (χ3v) is 8.47. The molecule has 0 fully saturated rings. The van der Waals surface area contributed by atoms with Crippen molar-refractivity contribution in [3.8, 4) is 0 Å². The van der Waals surface area contributed by atoms with Crippen LogP contribution in [0.1, 0.15) is 26.3 Å². The third kappa shape index (κ3) is 5.00. The van der Waals surface area contributed by atoms with E-state index < -0.39 is 8.32 Å². The van der Waals surface area contributed by atoms with Crippen molar-refractivity contribution in [2.45, 2.75) is 51.4 Å².